The summed E-state index contributed by atoms with van der Waals surface area (Å²) in [6.45, 7) is 2.82. The third-order valence-corrected chi connectivity index (χ3v) is 4.94. The minimum atomic E-state index is -1.53. The highest BCUT2D eigenvalue weighted by molar-refractivity contribution is 6.65. The second-order valence-corrected chi connectivity index (χ2v) is 6.38. The van der Waals surface area contributed by atoms with E-state index in [2.05, 4.69) is 18.1 Å². The summed E-state index contributed by atoms with van der Waals surface area (Å²) in [6, 6.07) is 8.15. The van der Waals surface area contributed by atoms with Crippen LogP contribution >= 0.6 is 0 Å². The third kappa shape index (κ3) is 2.42. The van der Waals surface area contributed by atoms with Crippen LogP contribution in [-0.2, 0) is 11.2 Å². The van der Waals surface area contributed by atoms with E-state index in [4.69, 9.17) is 4.74 Å². The summed E-state index contributed by atoms with van der Waals surface area (Å²) in [5.74, 6) is 0. The lowest BCUT2D eigenvalue weighted by Crippen LogP contribution is -2.32. The molecule has 0 aliphatic carbocycles. The average molecular weight is 324 g/mol. The molecule has 2 aromatic carbocycles. The fraction of sp³-hybridized carbons (Fsp3) is 0.389. The first kappa shape index (κ1) is 15.6. The molecule has 0 amide bonds. The van der Waals surface area contributed by atoms with Crippen LogP contribution in [0.2, 0.25) is 0 Å². The zero-order valence-corrected chi connectivity index (χ0v) is 13.8. The molecule has 1 aliphatic heterocycles. The number of hydrogen-bond acceptors (Lipinski definition) is 4. The van der Waals surface area contributed by atoms with Gasteiger partial charge in [0.1, 0.15) is 0 Å². The minimum Gasteiger partial charge on any atom is -0.423 e. The number of aromatic nitrogens is 2. The Morgan fingerprint density at radius 2 is 2.21 bits per heavy atom. The molecule has 0 bridgehead atoms. The lowest BCUT2D eigenvalue weighted by Gasteiger charge is -2.23. The number of fused-ring (bicyclic) bond motifs is 2. The van der Waals surface area contributed by atoms with Crippen LogP contribution in [0.25, 0.3) is 21.7 Å². The van der Waals surface area contributed by atoms with Gasteiger partial charge in [0.05, 0.1) is 11.7 Å². The van der Waals surface area contributed by atoms with Gasteiger partial charge in [0.25, 0.3) is 0 Å². The SMILES string of the molecule is CCc1cccc2cc3c(cnn3C3CCCCO3)c(B(O)O)c12. The molecule has 4 rings (SSSR count). The van der Waals surface area contributed by atoms with Crippen molar-refractivity contribution in [3.8, 4) is 0 Å². The third-order valence-electron chi connectivity index (χ3n) is 4.94. The second kappa shape index (κ2) is 6.20. The first-order chi connectivity index (χ1) is 11.7. The number of aryl methyl sites for hydroxylation is 1. The molecule has 124 valence electrons. The molecule has 0 saturated carbocycles. The quantitative estimate of drug-likeness (QED) is 0.724. The number of hydrogen-bond donors (Lipinski definition) is 2. The zero-order chi connectivity index (χ0) is 16.7. The van der Waals surface area contributed by atoms with Gasteiger partial charge in [-0.05, 0) is 48.1 Å². The summed E-state index contributed by atoms with van der Waals surface area (Å²) in [5.41, 5.74) is 2.55. The lowest BCUT2D eigenvalue weighted by atomic mass is 9.74. The highest BCUT2D eigenvalue weighted by Gasteiger charge is 2.25. The number of benzene rings is 2. The van der Waals surface area contributed by atoms with Crippen LogP contribution in [-0.4, -0.2) is 33.6 Å². The molecule has 3 aromatic rings. The highest BCUT2D eigenvalue weighted by atomic mass is 16.5. The normalized spacial score (nSPS) is 18.4. The summed E-state index contributed by atoms with van der Waals surface area (Å²) in [6.07, 6.45) is 5.62. The van der Waals surface area contributed by atoms with Gasteiger partial charge in [-0.15, -0.1) is 0 Å². The van der Waals surface area contributed by atoms with E-state index in [0.717, 1.165) is 59.5 Å². The average Bonchev–Trinajstić information content (AvgIpc) is 3.02. The van der Waals surface area contributed by atoms with Gasteiger partial charge in [-0.3, -0.25) is 0 Å². The Morgan fingerprint density at radius 1 is 1.33 bits per heavy atom. The van der Waals surface area contributed by atoms with Gasteiger partial charge in [-0.1, -0.05) is 25.1 Å². The van der Waals surface area contributed by atoms with Crippen LogP contribution in [0.3, 0.4) is 0 Å². The standard InChI is InChI=1S/C18H21BN2O3/c1-2-12-6-5-7-13-10-15-14(18(17(12)13)19(22)23)11-20-21(15)16-8-3-4-9-24-16/h5-7,10-11,16,22-23H,2-4,8-9H2,1H3. The molecule has 1 saturated heterocycles. The van der Waals surface area contributed by atoms with Crippen LogP contribution in [0.5, 0.6) is 0 Å². The van der Waals surface area contributed by atoms with Crippen molar-refractivity contribution in [2.45, 2.75) is 38.8 Å². The summed E-state index contributed by atoms with van der Waals surface area (Å²) in [4.78, 5) is 0. The molecule has 0 spiro atoms. The van der Waals surface area contributed by atoms with Gasteiger partial charge in [-0.25, -0.2) is 4.68 Å². The Labute approximate surface area is 141 Å². The Hall–Kier alpha value is -1.89. The van der Waals surface area contributed by atoms with Crippen molar-refractivity contribution in [3.05, 3.63) is 36.0 Å². The van der Waals surface area contributed by atoms with Crippen LogP contribution in [0.15, 0.2) is 30.5 Å². The van der Waals surface area contributed by atoms with Crippen LogP contribution in [0, 0.1) is 0 Å². The molecule has 1 aromatic heterocycles. The van der Waals surface area contributed by atoms with Gasteiger partial charge in [-0.2, -0.15) is 5.10 Å². The first-order valence-electron chi connectivity index (χ1n) is 8.60. The van der Waals surface area contributed by atoms with E-state index in [1.807, 2.05) is 22.9 Å². The van der Waals surface area contributed by atoms with E-state index in [1.54, 1.807) is 6.20 Å². The van der Waals surface area contributed by atoms with Gasteiger partial charge < -0.3 is 14.8 Å². The minimum absolute atomic E-state index is 0.0771. The van der Waals surface area contributed by atoms with Crippen molar-refractivity contribution in [2.24, 2.45) is 0 Å². The predicted octanol–water partition coefficient (Wildman–Crippen LogP) is 2.13. The molecule has 1 unspecified atom stereocenters. The molecule has 2 N–H and O–H groups in total. The van der Waals surface area contributed by atoms with Gasteiger partial charge in [0.15, 0.2) is 6.23 Å². The molecular formula is C18H21BN2O3. The summed E-state index contributed by atoms with van der Waals surface area (Å²) in [5, 5.41) is 27.3. The maximum absolute atomic E-state index is 10.0. The molecule has 0 radical (unpaired) electrons. The number of rotatable bonds is 3. The molecular weight excluding hydrogens is 303 g/mol. The van der Waals surface area contributed by atoms with E-state index in [0.29, 0.717) is 5.46 Å². The smallest absolute Gasteiger partial charge is 0.423 e. The van der Waals surface area contributed by atoms with Crippen LogP contribution in [0.4, 0.5) is 0 Å². The fourth-order valence-electron chi connectivity index (χ4n) is 3.78. The molecule has 2 heterocycles. The molecule has 6 heteroatoms. The molecule has 1 atom stereocenters. The molecule has 1 fully saturated rings. The predicted molar refractivity (Wildman–Crippen MR) is 95.3 cm³/mol. The summed E-state index contributed by atoms with van der Waals surface area (Å²) in [7, 11) is -1.53. The zero-order valence-electron chi connectivity index (χ0n) is 13.8. The first-order valence-corrected chi connectivity index (χ1v) is 8.60. The van der Waals surface area contributed by atoms with Crippen molar-refractivity contribution in [2.75, 3.05) is 6.61 Å². The van der Waals surface area contributed by atoms with Gasteiger partial charge >= 0.3 is 7.12 Å². The van der Waals surface area contributed by atoms with Crippen molar-refractivity contribution >= 4 is 34.3 Å². The number of nitrogens with zero attached hydrogens (tertiary/aromatic N) is 2. The number of ether oxygens (including phenoxy) is 1. The Bertz CT molecular complexity index is 885. The lowest BCUT2D eigenvalue weighted by molar-refractivity contribution is -0.0366. The van der Waals surface area contributed by atoms with Crippen LogP contribution in [0.1, 0.15) is 38.0 Å². The van der Waals surface area contributed by atoms with E-state index in [1.165, 1.54) is 0 Å². The molecule has 5 nitrogen and oxygen atoms in total. The van der Waals surface area contributed by atoms with E-state index < -0.39 is 7.12 Å². The van der Waals surface area contributed by atoms with Crippen molar-refractivity contribution in [1.82, 2.24) is 9.78 Å². The van der Waals surface area contributed by atoms with Gasteiger partial charge in [0.2, 0.25) is 0 Å². The van der Waals surface area contributed by atoms with E-state index in [-0.39, 0.29) is 6.23 Å². The molecule has 1 aliphatic rings. The topological polar surface area (TPSA) is 67.5 Å². The monoisotopic (exact) mass is 324 g/mol. The Balaban J connectivity index is 2.01. The maximum Gasteiger partial charge on any atom is 0.489 e. The fourth-order valence-corrected chi connectivity index (χ4v) is 3.78. The maximum atomic E-state index is 10.0. The Kier molecular flexibility index (Phi) is 4.04. The van der Waals surface area contributed by atoms with Gasteiger partial charge in [0, 0.05) is 17.5 Å². The van der Waals surface area contributed by atoms with Crippen molar-refractivity contribution in [1.29, 1.82) is 0 Å². The van der Waals surface area contributed by atoms with Crippen molar-refractivity contribution < 1.29 is 14.8 Å². The van der Waals surface area contributed by atoms with E-state index >= 15 is 0 Å². The second-order valence-electron chi connectivity index (χ2n) is 6.38. The van der Waals surface area contributed by atoms with Crippen LogP contribution < -0.4 is 5.46 Å². The molecule has 24 heavy (non-hydrogen) atoms. The van der Waals surface area contributed by atoms with Crippen molar-refractivity contribution in [3.63, 3.8) is 0 Å². The van der Waals surface area contributed by atoms with E-state index in [9.17, 15) is 10.0 Å². The largest absolute Gasteiger partial charge is 0.489 e. The highest BCUT2D eigenvalue weighted by Crippen LogP contribution is 2.29. The Morgan fingerprint density at radius 3 is 2.92 bits per heavy atom. The summed E-state index contributed by atoms with van der Waals surface area (Å²) < 4.78 is 7.75. The summed E-state index contributed by atoms with van der Waals surface area (Å²) >= 11 is 0.